The number of ether oxygens (including phenoxy) is 1. The number of aromatic carboxylic acids is 1. The summed E-state index contributed by atoms with van der Waals surface area (Å²) in [6.07, 6.45) is 1.76. The van der Waals surface area contributed by atoms with Crippen molar-refractivity contribution in [2.45, 2.75) is 0 Å². The number of likely N-dealkylation sites (N-methyl/N-ethyl adjacent to an activating group) is 1. The molecule has 0 aliphatic carbocycles. The molecule has 0 bridgehead atoms. The number of carbonyl (C=O) groups is 2. The number of amidine groups is 1. The number of carbonyl (C=O) groups excluding carboxylic acids is 1. The number of para-hydroxylation sites is 1. The monoisotopic (exact) mass is 368 g/mol. The van der Waals surface area contributed by atoms with Crippen LogP contribution in [-0.4, -0.2) is 41.2 Å². The van der Waals surface area contributed by atoms with E-state index in [1.807, 2.05) is 24.3 Å². The normalized spacial score (nSPS) is 17.2. The van der Waals surface area contributed by atoms with E-state index in [1.54, 1.807) is 32.4 Å². The molecule has 26 heavy (non-hydrogen) atoms. The van der Waals surface area contributed by atoms with Crippen LogP contribution in [0.2, 0.25) is 0 Å². The Kier molecular flexibility index (Phi) is 5.09. The summed E-state index contributed by atoms with van der Waals surface area (Å²) >= 11 is 1.23. The lowest BCUT2D eigenvalue weighted by Gasteiger charge is -2.07. The summed E-state index contributed by atoms with van der Waals surface area (Å²) < 4.78 is 5.31. The first kappa shape index (κ1) is 17.8. The molecule has 0 spiro atoms. The fraction of sp³-hybridized carbons (Fsp3) is 0.105. The molecule has 0 radical (unpaired) electrons. The Bertz CT molecular complexity index is 937. The molecular weight excluding hydrogens is 352 g/mol. The molecule has 0 atom stereocenters. The Morgan fingerprint density at radius 1 is 1.23 bits per heavy atom. The minimum absolute atomic E-state index is 0.147. The smallest absolute Gasteiger partial charge is 0.335 e. The van der Waals surface area contributed by atoms with Gasteiger partial charge in [-0.25, -0.2) is 9.79 Å². The van der Waals surface area contributed by atoms with Crippen LogP contribution in [0, 0.1) is 0 Å². The fourth-order valence-corrected chi connectivity index (χ4v) is 3.38. The van der Waals surface area contributed by atoms with Gasteiger partial charge in [0.1, 0.15) is 5.75 Å². The number of carboxylic acids is 1. The third kappa shape index (κ3) is 3.62. The van der Waals surface area contributed by atoms with Crippen LogP contribution in [0.15, 0.2) is 58.4 Å². The molecule has 2 aromatic rings. The number of nitrogens with zero attached hydrogens (tertiary/aromatic N) is 2. The van der Waals surface area contributed by atoms with Gasteiger partial charge < -0.3 is 9.84 Å². The first-order valence-corrected chi connectivity index (χ1v) is 8.54. The summed E-state index contributed by atoms with van der Waals surface area (Å²) in [5.74, 6) is -0.517. The number of amides is 1. The molecule has 6 nitrogen and oxygen atoms in total. The average molecular weight is 368 g/mol. The Hall–Kier alpha value is -3.06. The molecule has 0 saturated carbocycles. The van der Waals surface area contributed by atoms with E-state index in [0.717, 1.165) is 5.56 Å². The number of hydrogen-bond acceptors (Lipinski definition) is 5. The van der Waals surface area contributed by atoms with Crippen molar-refractivity contribution in [2.24, 2.45) is 4.99 Å². The van der Waals surface area contributed by atoms with E-state index in [2.05, 4.69) is 4.99 Å². The van der Waals surface area contributed by atoms with Crippen LogP contribution >= 0.6 is 11.8 Å². The van der Waals surface area contributed by atoms with Crippen molar-refractivity contribution in [3.8, 4) is 5.75 Å². The molecule has 1 aliphatic rings. The number of carboxylic acid groups (broad SMARTS) is 1. The third-order valence-corrected chi connectivity index (χ3v) is 4.81. The largest absolute Gasteiger partial charge is 0.496 e. The average Bonchev–Trinajstić information content (AvgIpc) is 2.90. The van der Waals surface area contributed by atoms with Gasteiger partial charge in [-0.2, -0.15) is 0 Å². The molecule has 1 heterocycles. The quantitative estimate of drug-likeness (QED) is 0.834. The molecular formula is C19H16N2O4S. The second-order valence-corrected chi connectivity index (χ2v) is 6.48. The van der Waals surface area contributed by atoms with Crippen LogP contribution in [0.1, 0.15) is 15.9 Å². The van der Waals surface area contributed by atoms with Gasteiger partial charge in [0.05, 0.1) is 23.3 Å². The van der Waals surface area contributed by atoms with Gasteiger partial charge in [-0.3, -0.25) is 9.69 Å². The predicted molar refractivity (Wildman–Crippen MR) is 102 cm³/mol. The van der Waals surface area contributed by atoms with Gasteiger partial charge >= 0.3 is 5.97 Å². The highest BCUT2D eigenvalue weighted by atomic mass is 32.2. The van der Waals surface area contributed by atoms with Gasteiger partial charge in [-0.15, -0.1) is 0 Å². The van der Waals surface area contributed by atoms with Crippen LogP contribution in [0.25, 0.3) is 6.08 Å². The summed E-state index contributed by atoms with van der Waals surface area (Å²) in [6.45, 7) is 0. The van der Waals surface area contributed by atoms with E-state index < -0.39 is 5.97 Å². The minimum atomic E-state index is -1.02. The molecule has 1 fully saturated rings. The zero-order valence-corrected chi connectivity index (χ0v) is 15.0. The van der Waals surface area contributed by atoms with E-state index in [0.29, 0.717) is 21.5 Å². The highest BCUT2D eigenvalue weighted by molar-refractivity contribution is 8.18. The topological polar surface area (TPSA) is 79.2 Å². The molecule has 0 unspecified atom stereocenters. The van der Waals surface area contributed by atoms with E-state index >= 15 is 0 Å². The van der Waals surface area contributed by atoms with Crippen molar-refractivity contribution in [1.29, 1.82) is 0 Å². The zero-order chi connectivity index (χ0) is 18.7. The van der Waals surface area contributed by atoms with Crippen LogP contribution in [0.3, 0.4) is 0 Å². The number of aliphatic imine (C=N–C) groups is 1. The predicted octanol–water partition coefficient (Wildman–Crippen LogP) is 3.63. The van der Waals surface area contributed by atoms with Crippen molar-refractivity contribution in [3.63, 3.8) is 0 Å². The Morgan fingerprint density at radius 2 is 2.00 bits per heavy atom. The second kappa shape index (κ2) is 7.45. The fourth-order valence-electron chi connectivity index (χ4n) is 2.40. The summed E-state index contributed by atoms with van der Waals surface area (Å²) in [6, 6.07) is 13.7. The number of hydrogen-bond donors (Lipinski definition) is 1. The Balaban J connectivity index is 1.93. The Morgan fingerprint density at radius 3 is 2.73 bits per heavy atom. The van der Waals surface area contributed by atoms with Crippen molar-refractivity contribution in [1.82, 2.24) is 4.90 Å². The number of benzene rings is 2. The Labute approximate surface area is 154 Å². The van der Waals surface area contributed by atoms with E-state index in [4.69, 9.17) is 9.84 Å². The lowest BCUT2D eigenvalue weighted by atomic mass is 10.2. The molecule has 7 heteroatoms. The standard InChI is InChI=1S/C19H16N2O4S/c1-21-17(22)16(11-12-6-3-4-9-15(12)25-2)26-19(21)20-14-8-5-7-13(10-14)18(23)24/h3-11H,1-2H3,(H,23,24)/b16-11-,20-19?. The van der Waals surface area contributed by atoms with Crippen molar-refractivity contribution in [2.75, 3.05) is 14.2 Å². The molecule has 2 aromatic carbocycles. The molecule has 132 valence electrons. The highest BCUT2D eigenvalue weighted by Gasteiger charge is 2.30. The van der Waals surface area contributed by atoms with Gasteiger partial charge in [0.15, 0.2) is 5.17 Å². The van der Waals surface area contributed by atoms with E-state index in [-0.39, 0.29) is 11.5 Å². The molecule has 1 saturated heterocycles. The third-order valence-electron chi connectivity index (χ3n) is 3.75. The van der Waals surface area contributed by atoms with Crippen molar-refractivity contribution >= 4 is 40.6 Å². The van der Waals surface area contributed by atoms with Gasteiger partial charge in [-0.1, -0.05) is 24.3 Å². The highest BCUT2D eigenvalue weighted by Crippen LogP contribution is 2.34. The first-order valence-electron chi connectivity index (χ1n) is 7.72. The zero-order valence-electron chi connectivity index (χ0n) is 14.2. The lowest BCUT2D eigenvalue weighted by molar-refractivity contribution is -0.121. The van der Waals surface area contributed by atoms with E-state index in [9.17, 15) is 9.59 Å². The molecule has 3 rings (SSSR count). The lowest BCUT2D eigenvalue weighted by Crippen LogP contribution is -2.23. The van der Waals surface area contributed by atoms with Crippen LogP contribution in [0.4, 0.5) is 5.69 Å². The molecule has 1 aliphatic heterocycles. The maximum Gasteiger partial charge on any atom is 0.335 e. The summed E-state index contributed by atoms with van der Waals surface area (Å²) in [5, 5.41) is 9.57. The summed E-state index contributed by atoms with van der Waals surface area (Å²) in [5.41, 5.74) is 1.42. The van der Waals surface area contributed by atoms with Crippen LogP contribution in [-0.2, 0) is 4.79 Å². The van der Waals surface area contributed by atoms with Gasteiger partial charge in [-0.05, 0) is 42.1 Å². The number of methoxy groups -OCH3 is 1. The van der Waals surface area contributed by atoms with Crippen molar-refractivity contribution in [3.05, 3.63) is 64.6 Å². The first-order chi connectivity index (χ1) is 12.5. The second-order valence-electron chi connectivity index (χ2n) is 5.47. The number of rotatable bonds is 4. The van der Waals surface area contributed by atoms with Crippen LogP contribution in [0.5, 0.6) is 5.75 Å². The molecule has 1 amide bonds. The summed E-state index contributed by atoms with van der Waals surface area (Å²) in [7, 11) is 3.22. The van der Waals surface area contributed by atoms with Crippen molar-refractivity contribution < 1.29 is 19.4 Å². The van der Waals surface area contributed by atoms with E-state index in [1.165, 1.54) is 28.8 Å². The maximum atomic E-state index is 12.5. The van der Waals surface area contributed by atoms with Gasteiger partial charge in [0, 0.05) is 12.6 Å². The minimum Gasteiger partial charge on any atom is -0.496 e. The summed E-state index contributed by atoms with van der Waals surface area (Å²) in [4.78, 5) is 30.0. The number of thioether (sulfide) groups is 1. The SMILES string of the molecule is COc1ccccc1/C=C1\SC(=Nc2cccc(C(=O)O)c2)N(C)C1=O. The van der Waals surface area contributed by atoms with Gasteiger partial charge in [0.2, 0.25) is 0 Å². The van der Waals surface area contributed by atoms with Gasteiger partial charge in [0.25, 0.3) is 5.91 Å². The van der Waals surface area contributed by atoms with Crippen LogP contribution < -0.4 is 4.74 Å². The maximum absolute atomic E-state index is 12.5. The molecule has 0 aromatic heterocycles. The molecule has 1 N–H and O–H groups in total.